The third-order valence-corrected chi connectivity index (χ3v) is 5.99. The van der Waals surface area contributed by atoms with E-state index in [1.165, 1.54) is 17.8 Å². The Labute approximate surface area is 192 Å². The Hall–Kier alpha value is -3.38. The van der Waals surface area contributed by atoms with Gasteiger partial charge in [0.25, 0.3) is 5.56 Å². The van der Waals surface area contributed by atoms with E-state index < -0.39 is 11.2 Å². The van der Waals surface area contributed by atoms with Crippen LogP contribution in [0.3, 0.4) is 0 Å². The molecule has 0 bridgehead atoms. The zero-order valence-electron chi connectivity index (χ0n) is 18.0. The molecule has 1 aliphatic heterocycles. The number of hydrogen-bond acceptors (Lipinski definition) is 8. The maximum Gasteiger partial charge on any atom is 0.325 e. The predicted octanol–water partition coefficient (Wildman–Crippen LogP) is 0.631. The number of aromatic amines is 2. The average molecular weight is 473 g/mol. The molecular formula is C21H24N6O5S. The Morgan fingerprint density at radius 2 is 2.18 bits per heavy atom. The smallest absolute Gasteiger partial charge is 0.325 e. The van der Waals surface area contributed by atoms with Crippen molar-refractivity contribution in [2.24, 2.45) is 0 Å². The maximum atomic E-state index is 12.4. The summed E-state index contributed by atoms with van der Waals surface area (Å²) in [5.41, 5.74) is 0.0242. The number of methoxy groups -OCH3 is 1. The molecule has 1 saturated heterocycles. The quantitative estimate of drug-likeness (QED) is 0.385. The van der Waals surface area contributed by atoms with Crippen LogP contribution < -0.4 is 21.3 Å². The van der Waals surface area contributed by atoms with Gasteiger partial charge < -0.3 is 19.8 Å². The molecule has 1 aliphatic rings. The molecule has 1 atom stereocenters. The third-order valence-electron chi connectivity index (χ3n) is 5.06. The predicted molar refractivity (Wildman–Crippen MR) is 121 cm³/mol. The molecule has 3 aromatic rings. The zero-order valence-corrected chi connectivity index (χ0v) is 18.8. The standard InChI is InChI=1S/C21H24N6O5S/c1-31-15-5-2-4-14(10-15)27-17(8-13-9-18(28)24-20(30)23-13)25-26-21(27)33-12-19(29)22-11-16-6-3-7-32-16/h2,4-5,9-10,16H,3,6-8,11-12H2,1H3,(H,22,29)(H2,23,24,28,30). The minimum absolute atomic E-state index is 0.0715. The number of H-pyrrole nitrogens is 2. The normalized spacial score (nSPS) is 15.5. The van der Waals surface area contributed by atoms with Crippen LogP contribution in [0.4, 0.5) is 0 Å². The summed E-state index contributed by atoms with van der Waals surface area (Å²) in [6.45, 7) is 1.23. The van der Waals surface area contributed by atoms with Crippen LogP contribution in [-0.4, -0.2) is 62.8 Å². The van der Waals surface area contributed by atoms with Gasteiger partial charge in [-0.15, -0.1) is 10.2 Å². The highest BCUT2D eigenvalue weighted by Crippen LogP contribution is 2.25. The minimum atomic E-state index is -0.595. The van der Waals surface area contributed by atoms with E-state index in [9.17, 15) is 14.4 Å². The summed E-state index contributed by atoms with van der Waals surface area (Å²) in [7, 11) is 1.57. The van der Waals surface area contributed by atoms with Gasteiger partial charge in [-0.2, -0.15) is 0 Å². The zero-order chi connectivity index (χ0) is 23.2. The summed E-state index contributed by atoms with van der Waals surface area (Å²) in [6.07, 6.45) is 2.20. The van der Waals surface area contributed by atoms with Crippen LogP contribution in [0.5, 0.6) is 5.75 Å². The van der Waals surface area contributed by atoms with Gasteiger partial charge in [0.2, 0.25) is 5.91 Å². The lowest BCUT2D eigenvalue weighted by Crippen LogP contribution is -2.32. The number of carbonyl (C=O) groups excluding carboxylic acids is 1. The van der Waals surface area contributed by atoms with Gasteiger partial charge in [-0.05, 0) is 25.0 Å². The van der Waals surface area contributed by atoms with E-state index >= 15 is 0 Å². The monoisotopic (exact) mass is 472 g/mol. The van der Waals surface area contributed by atoms with E-state index in [1.54, 1.807) is 11.7 Å². The SMILES string of the molecule is COc1cccc(-n2c(Cc3cc(=O)[nH]c(=O)[nH]3)nnc2SCC(=O)NCC2CCCO2)c1. The molecule has 0 saturated carbocycles. The molecular weight excluding hydrogens is 448 g/mol. The second-order valence-electron chi connectivity index (χ2n) is 7.45. The van der Waals surface area contributed by atoms with Gasteiger partial charge in [0.15, 0.2) is 5.16 Å². The van der Waals surface area contributed by atoms with E-state index in [0.717, 1.165) is 25.1 Å². The number of benzene rings is 1. The molecule has 1 fully saturated rings. The first-order valence-electron chi connectivity index (χ1n) is 10.4. The van der Waals surface area contributed by atoms with Crippen molar-refractivity contribution in [1.82, 2.24) is 30.0 Å². The molecule has 1 amide bonds. The number of nitrogens with zero attached hydrogens (tertiary/aromatic N) is 3. The van der Waals surface area contributed by atoms with Gasteiger partial charge in [-0.1, -0.05) is 17.8 Å². The number of nitrogens with one attached hydrogen (secondary N) is 3. The summed E-state index contributed by atoms with van der Waals surface area (Å²) in [5.74, 6) is 1.15. The minimum Gasteiger partial charge on any atom is -0.497 e. The fraction of sp³-hybridized carbons (Fsp3) is 0.381. The first kappa shape index (κ1) is 22.8. The summed E-state index contributed by atoms with van der Waals surface area (Å²) < 4.78 is 12.6. The molecule has 1 unspecified atom stereocenters. The van der Waals surface area contributed by atoms with E-state index in [1.807, 2.05) is 24.3 Å². The Kier molecular flexibility index (Phi) is 7.25. The number of carbonyl (C=O) groups is 1. The average Bonchev–Trinajstić information content (AvgIpc) is 3.45. The molecule has 0 aliphatic carbocycles. The first-order chi connectivity index (χ1) is 16.0. The van der Waals surface area contributed by atoms with Crippen LogP contribution in [0.1, 0.15) is 24.4 Å². The lowest BCUT2D eigenvalue weighted by molar-refractivity contribution is -0.119. The maximum absolute atomic E-state index is 12.4. The number of amides is 1. The number of aromatic nitrogens is 5. The highest BCUT2D eigenvalue weighted by Gasteiger charge is 2.19. The summed E-state index contributed by atoms with van der Waals surface area (Å²) in [6, 6.07) is 8.62. The molecule has 3 N–H and O–H groups in total. The molecule has 174 valence electrons. The van der Waals surface area contributed by atoms with E-state index in [0.29, 0.717) is 29.0 Å². The van der Waals surface area contributed by atoms with Gasteiger partial charge in [0.05, 0.1) is 24.7 Å². The first-order valence-corrected chi connectivity index (χ1v) is 11.4. The Balaban J connectivity index is 1.56. The van der Waals surface area contributed by atoms with Gasteiger partial charge >= 0.3 is 5.69 Å². The second-order valence-corrected chi connectivity index (χ2v) is 8.40. The van der Waals surface area contributed by atoms with Crippen molar-refractivity contribution in [3.63, 3.8) is 0 Å². The van der Waals surface area contributed by atoms with Crippen LogP contribution in [0.2, 0.25) is 0 Å². The van der Waals surface area contributed by atoms with Crippen LogP contribution in [-0.2, 0) is 16.0 Å². The van der Waals surface area contributed by atoms with Crippen molar-refractivity contribution < 1.29 is 14.3 Å². The fourth-order valence-corrected chi connectivity index (χ4v) is 4.32. The van der Waals surface area contributed by atoms with Gasteiger partial charge in [0.1, 0.15) is 11.6 Å². The van der Waals surface area contributed by atoms with Crippen LogP contribution >= 0.6 is 11.8 Å². The van der Waals surface area contributed by atoms with E-state index in [-0.39, 0.29) is 24.2 Å². The number of rotatable bonds is 9. The molecule has 1 aromatic carbocycles. The topological polar surface area (TPSA) is 144 Å². The molecule has 3 heterocycles. The van der Waals surface area contributed by atoms with Crippen LogP contribution in [0, 0.1) is 0 Å². The third kappa shape index (κ3) is 5.90. The molecule has 33 heavy (non-hydrogen) atoms. The van der Waals surface area contributed by atoms with Crippen molar-refractivity contribution in [2.75, 3.05) is 26.0 Å². The fourth-order valence-electron chi connectivity index (χ4n) is 3.52. The van der Waals surface area contributed by atoms with E-state index in [4.69, 9.17) is 9.47 Å². The molecule has 0 radical (unpaired) electrons. The van der Waals surface area contributed by atoms with Crippen molar-refractivity contribution in [1.29, 1.82) is 0 Å². The second kappa shape index (κ2) is 10.5. The number of hydrogen-bond donors (Lipinski definition) is 3. The Bertz CT molecular complexity index is 1200. The van der Waals surface area contributed by atoms with Gasteiger partial charge in [-0.25, -0.2) is 4.79 Å². The Morgan fingerprint density at radius 1 is 1.30 bits per heavy atom. The van der Waals surface area contributed by atoms with Crippen molar-refractivity contribution in [3.8, 4) is 11.4 Å². The summed E-state index contributed by atoms with van der Waals surface area (Å²) >= 11 is 1.24. The van der Waals surface area contributed by atoms with E-state index in [2.05, 4.69) is 25.5 Å². The number of ether oxygens (including phenoxy) is 2. The Morgan fingerprint density at radius 3 is 2.94 bits per heavy atom. The molecule has 11 nitrogen and oxygen atoms in total. The molecule has 12 heteroatoms. The lowest BCUT2D eigenvalue weighted by Gasteiger charge is -2.12. The van der Waals surface area contributed by atoms with Gasteiger partial charge in [-0.3, -0.25) is 19.1 Å². The highest BCUT2D eigenvalue weighted by atomic mass is 32.2. The lowest BCUT2D eigenvalue weighted by atomic mass is 10.2. The van der Waals surface area contributed by atoms with Gasteiger partial charge in [0, 0.05) is 37.4 Å². The molecule has 4 rings (SSSR count). The van der Waals surface area contributed by atoms with Crippen LogP contribution in [0.15, 0.2) is 45.1 Å². The molecule has 0 spiro atoms. The summed E-state index contributed by atoms with van der Waals surface area (Å²) in [4.78, 5) is 40.4. The highest BCUT2D eigenvalue weighted by molar-refractivity contribution is 7.99. The summed E-state index contributed by atoms with van der Waals surface area (Å²) in [5, 5.41) is 11.9. The van der Waals surface area contributed by atoms with Crippen molar-refractivity contribution in [3.05, 3.63) is 62.7 Å². The van der Waals surface area contributed by atoms with Crippen molar-refractivity contribution >= 4 is 17.7 Å². The van der Waals surface area contributed by atoms with Crippen molar-refractivity contribution in [2.45, 2.75) is 30.5 Å². The number of thioether (sulfide) groups is 1. The largest absolute Gasteiger partial charge is 0.497 e. The van der Waals surface area contributed by atoms with Crippen LogP contribution in [0.25, 0.3) is 5.69 Å². The molecule has 2 aromatic heterocycles.